The largest absolute Gasteiger partial charge is 0.256 e. The maximum absolute atomic E-state index is 4.61. The maximum Gasteiger partial charge on any atom is 0.0780 e. The first kappa shape index (κ1) is 15.6. The number of hydrogen-bond acceptors (Lipinski definition) is 1. The van der Waals surface area contributed by atoms with Gasteiger partial charge in [0, 0.05) is 17.1 Å². The van der Waals surface area contributed by atoms with Gasteiger partial charge in [0.15, 0.2) is 0 Å². The van der Waals surface area contributed by atoms with Gasteiger partial charge in [-0.3, -0.25) is 4.98 Å². The number of aryl methyl sites for hydroxylation is 3. The lowest BCUT2D eigenvalue weighted by Crippen LogP contribution is -1.91. The molecule has 0 unspecified atom stereocenters. The lowest BCUT2D eigenvalue weighted by molar-refractivity contribution is 1.32. The fourth-order valence-corrected chi connectivity index (χ4v) is 3.81. The smallest absolute Gasteiger partial charge is 0.0780 e. The van der Waals surface area contributed by atoms with E-state index in [0.717, 1.165) is 5.52 Å². The molecule has 4 rings (SSSR count). The zero-order valence-electron chi connectivity index (χ0n) is 14.9. The Bertz CT molecular complexity index is 1050. The zero-order chi connectivity index (χ0) is 17.4. The Balaban J connectivity index is 1.91. The van der Waals surface area contributed by atoms with Gasteiger partial charge in [0.1, 0.15) is 0 Å². The van der Waals surface area contributed by atoms with Crippen molar-refractivity contribution < 1.29 is 0 Å². The monoisotopic (exact) mass is 323 g/mol. The molecular formula is C24H21N. The van der Waals surface area contributed by atoms with Gasteiger partial charge in [-0.1, -0.05) is 60.2 Å². The standard InChI is InChI=1S/C24H21N/c1-16-13-17(2)23(18(3)14-16)21-9-4-8-20(15-21)22-11-5-7-19-10-6-12-25-24(19)22/h4-15H,1-3H3. The van der Waals surface area contributed by atoms with Crippen LogP contribution >= 0.6 is 0 Å². The molecule has 0 radical (unpaired) electrons. The van der Waals surface area contributed by atoms with Crippen LogP contribution in [-0.4, -0.2) is 4.98 Å². The molecule has 0 aliphatic heterocycles. The van der Waals surface area contributed by atoms with Crippen molar-refractivity contribution in [3.8, 4) is 22.3 Å². The van der Waals surface area contributed by atoms with Gasteiger partial charge in [0.05, 0.1) is 5.52 Å². The molecule has 1 heteroatoms. The van der Waals surface area contributed by atoms with Crippen molar-refractivity contribution in [2.24, 2.45) is 0 Å². The van der Waals surface area contributed by atoms with Gasteiger partial charge >= 0.3 is 0 Å². The van der Waals surface area contributed by atoms with E-state index < -0.39 is 0 Å². The Hall–Kier alpha value is -2.93. The summed E-state index contributed by atoms with van der Waals surface area (Å²) < 4.78 is 0. The molecule has 1 heterocycles. The van der Waals surface area contributed by atoms with Crippen LogP contribution in [0.15, 0.2) is 72.9 Å². The number of nitrogens with zero attached hydrogens (tertiary/aromatic N) is 1. The summed E-state index contributed by atoms with van der Waals surface area (Å²) in [6.07, 6.45) is 1.87. The number of rotatable bonds is 2. The molecule has 1 nitrogen and oxygen atoms in total. The molecule has 4 aromatic rings. The third kappa shape index (κ3) is 2.83. The topological polar surface area (TPSA) is 12.9 Å². The zero-order valence-corrected chi connectivity index (χ0v) is 14.9. The number of hydrogen-bond donors (Lipinski definition) is 0. The minimum atomic E-state index is 1.06. The summed E-state index contributed by atoms with van der Waals surface area (Å²) in [7, 11) is 0. The molecule has 3 aromatic carbocycles. The van der Waals surface area contributed by atoms with E-state index >= 15 is 0 Å². The van der Waals surface area contributed by atoms with Gasteiger partial charge in [-0.15, -0.1) is 0 Å². The van der Waals surface area contributed by atoms with Crippen LogP contribution in [0.4, 0.5) is 0 Å². The lowest BCUT2D eigenvalue weighted by atomic mass is 9.91. The van der Waals surface area contributed by atoms with Crippen LogP contribution in [0, 0.1) is 20.8 Å². The SMILES string of the molecule is Cc1cc(C)c(-c2cccc(-c3cccc4cccnc34)c2)c(C)c1. The van der Waals surface area contributed by atoms with E-state index in [0.29, 0.717) is 0 Å². The summed E-state index contributed by atoms with van der Waals surface area (Å²) in [6, 6.07) is 23.8. The van der Waals surface area contributed by atoms with E-state index in [2.05, 4.69) is 86.4 Å². The van der Waals surface area contributed by atoms with E-state index in [-0.39, 0.29) is 0 Å². The summed E-state index contributed by atoms with van der Waals surface area (Å²) in [5, 5.41) is 1.17. The summed E-state index contributed by atoms with van der Waals surface area (Å²) >= 11 is 0. The summed E-state index contributed by atoms with van der Waals surface area (Å²) in [4.78, 5) is 4.61. The van der Waals surface area contributed by atoms with E-state index in [1.807, 2.05) is 12.3 Å². The third-order valence-electron chi connectivity index (χ3n) is 4.77. The molecular weight excluding hydrogens is 302 g/mol. The minimum Gasteiger partial charge on any atom is -0.256 e. The van der Waals surface area contributed by atoms with Crippen molar-refractivity contribution in [1.82, 2.24) is 4.98 Å². The molecule has 0 amide bonds. The second kappa shape index (κ2) is 6.18. The predicted octanol–water partition coefficient (Wildman–Crippen LogP) is 6.49. The Morgan fingerprint density at radius 2 is 1.36 bits per heavy atom. The number of benzene rings is 3. The first-order chi connectivity index (χ1) is 12.1. The van der Waals surface area contributed by atoms with Crippen LogP contribution in [0.3, 0.4) is 0 Å². The highest BCUT2D eigenvalue weighted by Crippen LogP contribution is 2.33. The van der Waals surface area contributed by atoms with E-state index in [1.165, 1.54) is 44.3 Å². The number of aromatic nitrogens is 1. The molecule has 0 aliphatic carbocycles. The van der Waals surface area contributed by atoms with Crippen molar-refractivity contribution in [3.05, 3.63) is 89.6 Å². The third-order valence-corrected chi connectivity index (χ3v) is 4.77. The maximum atomic E-state index is 4.61. The highest BCUT2D eigenvalue weighted by molar-refractivity contribution is 5.94. The average molecular weight is 323 g/mol. The molecule has 0 aliphatic rings. The first-order valence-electron chi connectivity index (χ1n) is 8.66. The fourth-order valence-electron chi connectivity index (χ4n) is 3.81. The summed E-state index contributed by atoms with van der Waals surface area (Å²) in [6.45, 7) is 6.55. The van der Waals surface area contributed by atoms with Crippen LogP contribution in [-0.2, 0) is 0 Å². The van der Waals surface area contributed by atoms with Crippen LogP contribution in [0.25, 0.3) is 33.2 Å². The molecule has 0 saturated heterocycles. The first-order valence-corrected chi connectivity index (χ1v) is 8.66. The molecule has 0 saturated carbocycles. The molecule has 25 heavy (non-hydrogen) atoms. The van der Waals surface area contributed by atoms with E-state index in [4.69, 9.17) is 0 Å². The Kier molecular flexibility index (Phi) is 3.85. The molecule has 0 atom stereocenters. The van der Waals surface area contributed by atoms with Crippen molar-refractivity contribution in [2.45, 2.75) is 20.8 Å². The molecule has 122 valence electrons. The van der Waals surface area contributed by atoms with E-state index in [1.54, 1.807) is 0 Å². The molecule has 0 N–H and O–H groups in total. The average Bonchev–Trinajstić information content (AvgIpc) is 2.61. The Morgan fingerprint density at radius 3 is 2.16 bits per heavy atom. The van der Waals surface area contributed by atoms with Crippen LogP contribution in [0.5, 0.6) is 0 Å². The summed E-state index contributed by atoms with van der Waals surface area (Å²) in [5.74, 6) is 0. The van der Waals surface area contributed by atoms with Gasteiger partial charge in [-0.05, 0) is 60.7 Å². The second-order valence-electron chi connectivity index (χ2n) is 6.74. The van der Waals surface area contributed by atoms with Crippen molar-refractivity contribution in [1.29, 1.82) is 0 Å². The second-order valence-corrected chi connectivity index (χ2v) is 6.74. The predicted molar refractivity (Wildman–Crippen MR) is 107 cm³/mol. The van der Waals surface area contributed by atoms with Crippen molar-refractivity contribution >= 4 is 10.9 Å². The highest BCUT2D eigenvalue weighted by atomic mass is 14.6. The van der Waals surface area contributed by atoms with Crippen LogP contribution < -0.4 is 0 Å². The van der Waals surface area contributed by atoms with Gasteiger partial charge < -0.3 is 0 Å². The molecule has 0 fully saturated rings. The van der Waals surface area contributed by atoms with Crippen molar-refractivity contribution in [2.75, 3.05) is 0 Å². The minimum absolute atomic E-state index is 1.06. The van der Waals surface area contributed by atoms with Gasteiger partial charge in [-0.2, -0.15) is 0 Å². The Morgan fingerprint density at radius 1 is 0.680 bits per heavy atom. The molecule has 0 spiro atoms. The van der Waals surface area contributed by atoms with Gasteiger partial charge in [0.25, 0.3) is 0 Å². The number of fused-ring (bicyclic) bond motifs is 1. The molecule has 0 bridgehead atoms. The quantitative estimate of drug-likeness (QED) is 0.410. The normalized spacial score (nSPS) is 11.0. The van der Waals surface area contributed by atoms with Gasteiger partial charge in [-0.25, -0.2) is 0 Å². The summed E-state index contributed by atoms with van der Waals surface area (Å²) in [5.41, 5.74) is 10.0. The van der Waals surface area contributed by atoms with Crippen molar-refractivity contribution in [3.63, 3.8) is 0 Å². The Labute approximate surface area is 149 Å². The van der Waals surface area contributed by atoms with E-state index in [9.17, 15) is 0 Å². The number of para-hydroxylation sites is 1. The van der Waals surface area contributed by atoms with Crippen LogP contribution in [0.2, 0.25) is 0 Å². The lowest BCUT2D eigenvalue weighted by Gasteiger charge is -2.13. The highest BCUT2D eigenvalue weighted by Gasteiger charge is 2.10. The molecule has 1 aromatic heterocycles. The van der Waals surface area contributed by atoms with Gasteiger partial charge in [0.2, 0.25) is 0 Å². The number of pyridine rings is 1. The van der Waals surface area contributed by atoms with Crippen LogP contribution in [0.1, 0.15) is 16.7 Å². The fraction of sp³-hybridized carbons (Fsp3) is 0.125.